The van der Waals surface area contributed by atoms with E-state index >= 15 is 0 Å². The standard InChI is InChI=1S/C6H6FNO2S.K/c7-5-1-3-6(4-2-5)11(8,9)10;/h1-4H,(H2,8,9,10);/q;+1. The molecule has 0 aliphatic rings. The average Bonchev–Trinajstić information content (AvgIpc) is 1.86. The van der Waals surface area contributed by atoms with Crippen LogP contribution < -0.4 is 56.5 Å². The topological polar surface area (TPSA) is 60.2 Å². The molecule has 0 fully saturated rings. The van der Waals surface area contributed by atoms with Crippen molar-refractivity contribution in [1.29, 1.82) is 0 Å². The molecule has 0 bridgehead atoms. The molecular formula is C6H6FKNO2S+. The minimum Gasteiger partial charge on any atom is -0.225 e. The maximum Gasteiger partial charge on any atom is 1.00 e. The molecule has 60 valence electrons. The molecule has 0 unspecified atom stereocenters. The van der Waals surface area contributed by atoms with Gasteiger partial charge in [-0.05, 0) is 24.3 Å². The molecule has 1 aromatic carbocycles. The summed E-state index contributed by atoms with van der Waals surface area (Å²) >= 11 is 0. The second-order valence-electron chi connectivity index (χ2n) is 2.00. The molecular weight excluding hydrogens is 208 g/mol. The molecule has 0 aliphatic heterocycles. The summed E-state index contributed by atoms with van der Waals surface area (Å²) < 4.78 is 33.4. The van der Waals surface area contributed by atoms with E-state index in [0.717, 1.165) is 24.3 Å². The summed E-state index contributed by atoms with van der Waals surface area (Å²) in [6, 6.07) is 4.31. The van der Waals surface area contributed by atoms with Crippen LogP contribution in [-0.4, -0.2) is 8.42 Å². The number of rotatable bonds is 1. The Balaban J connectivity index is 0.00000121. The van der Waals surface area contributed by atoms with Crippen LogP contribution in [0.15, 0.2) is 29.2 Å². The summed E-state index contributed by atoms with van der Waals surface area (Å²) in [6.45, 7) is 0. The zero-order chi connectivity index (χ0) is 8.48. The van der Waals surface area contributed by atoms with E-state index in [2.05, 4.69) is 0 Å². The molecule has 0 aromatic heterocycles. The molecule has 0 amide bonds. The first kappa shape index (κ1) is 12.7. The van der Waals surface area contributed by atoms with Gasteiger partial charge in [0.2, 0.25) is 10.0 Å². The number of hydrogen-bond acceptors (Lipinski definition) is 2. The second-order valence-corrected chi connectivity index (χ2v) is 3.56. The molecule has 0 radical (unpaired) electrons. The maximum atomic E-state index is 12.2. The van der Waals surface area contributed by atoms with Crippen LogP contribution in [0, 0.1) is 5.82 Å². The Morgan fingerprint density at radius 2 is 1.58 bits per heavy atom. The van der Waals surface area contributed by atoms with Crippen molar-refractivity contribution in [1.82, 2.24) is 0 Å². The Labute approximate surface area is 113 Å². The summed E-state index contributed by atoms with van der Waals surface area (Å²) in [5.41, 5.74) is 0. The van der Waals surface area contributed by atoms with Gasteiger partial charge in [0.1, 0.15) is 5.82 Å². The van der Waals surface area contributed by atoms with Crippen LogP contribution in [0.25, 0.3) is 0 Å². The summed E-state index contributed by atoms with van der Waals surface area (Å²) in [5.74, 6) is -0.489. The number of hydrogen-bond donors (Lipinski definition) is 1. The van der Waals surface area contributed by atoms with Crippen molar-refractivity contribution in [2.45, 2.75) is 4.90 Å². The first-order valence-electron chi connectivity index (χ1n) is 2.78. The number of sulfonamides is 1. The Morgan fingerprint density at radius 1 is 1.17 bits per heavy atom. The second kappa shape index (κ2) is 4.80. The van der Waals surface area contributed by atoms with Crippen LogP contribution in [0.1, 0.15) is 0 Å². The number of nitrogens with two attached hydrogens (primary N) is 1. The SMILES string of the molecule is NS(=O)(=O)c1ccc(F)cc1.[K+]. The number of halogens is 1. The maximum absolute atomic E-state index is 12.2. The Morgan fingerprint density at radius 3 is 1.92 bits per heavy atom. The van der Waals surface area contributed by atoms with E-state index in [1.54, 1.807) is 0 Å². The van der Waals surface area contributed by atoms with Gasteiger partial charge in [0.25, 0.3) is 0 Å². The van der Waals surface area contributed by atoms with Gasteiger partial charge >= 0.3 is 51.4 Å². The van der Waals surface area contributed by atoms with E-state index < -0.39 is 15.8 Å². The van der Waals surface area contributed by atoms with Crippen LogP contribution >= 0.6 is 0 Å². The predicted octanol–water partition coefficient (Wildman–Crippen LogP) is -2.52. The van der Waals surface area contributed by atoms with Gasteiger partial charge in [-0.3, -0.25) is 0 Å². The first-order chi connectivity index (χ1) is 5.00. The fourth-order valence-corrected chi connectivity index (χ4v) is 1.14. The molecule has 0 saturated heterocycles. The molecule has 1 aromatic rings. The van der Waals surface area contributed by atoms with Gasteiger partial charge < -0.3 is 0 Å². The van der Waals surface area contributed by atoms with Gasteiger partial charge in [0.15, 0.2) is 0 Å². The summed E-state index contributed by atoms with van der Waals surface area (Å²) in [6.07, 6.45) is 0. The average molecular weight is 214 g/mol. The van der Waals surface area contributed by atoms with E-state index in [-0.39, 0.29) is 56.3 Å². The molecule has 6 heteroatoms. The van der Waals surface area contributed by atoms with E-state index in [1.165, 1.54) is 0 Å². The van der Waals surface area contributed by atoms with Crippen molar-refractivity contribution in [3.05, 3.63) is 30.1 Å². The molecule has 1 rings (SSSR count). The molecule has 12 heavy (non-hydrogen) atoms. The third-order valence-electron chi connectivity index (χ3n) is 1.14. The van der Waals surface area contributed by atoms with Crippen molar-refractivity contribution >= 4 is 10.0 Å². The van der Waals surface area contributed by atoms with Crippen LogP contribution in [0.4, 0.5) is 4.39 Å². The van der Waals surface area contributed by atoms with E-state index in [1.807, 2.05) is 0 Å². The largest absolute Gasteiger partial charge is 1.00 e. The van der Waals surface area contributed by atoms with Gasteiger partial charge in [-0.25, -0.2) is 17.9 Å². The Kier molecular flexibility index (Phi) is 5.08. The Hall–Kier alpha value is 0.696. The van der Waals surface area contributed by atoms with E-state index in [9.17, 15) is 12.8 Å². The molecule has 0 spiro atoms. The quantitative estimate of drug-likeness (QED) is 0.524. The molecule has 0 saturated carbocycles. The number of benzene rings is 1. The molecule has 3 nitrogen and oxygen atoms in total. The number of primary sulfonamides is 1. The Bertz CT molecular complexity index is 348. The van der Waals surface area contributed by atoms with Crippen molar-refractivity contribution in [3.63, 3.8) is 0 Å². The van der Waals surface area contributed by atoms with Crippen LogP contribution in [0.3, 0.4) is 0 Å². The summed E-state index contributed by atoms with van der Waals surface area (Å²) in [7, 11) is -3.69. The van der Waals surface area contributed by atoms with Crippen molar-refractivity contribution in [3.8, 4) is 0 Å². The van der Waals surface area contributed by atoms with Crippen LogP contribution in [0.5, 0.6) is 0 Å². The normalized spacial score (nSPS) is 10.5. The van der Waals surface area contributed by atoms with Crippen molar-refractivity contribution in [2.24, 2.45) is 5.14 Å². The van der Waals surface area contributed by atoms with Gasteiger partial charge in [-0.2, -0.15) is 0 Å². The van der Waals surface area contributed by atoms with Gasteiger partial charge in [0.05, 0.1) is 4.90 Å². The van der Waals surface area contributed by atoms with E-state index in [0.29, 0.717) is 0 Å². The van der Waals surface area contributed by atoms with Crippen molar-refractivity contribution in [2.75, 3.05) is 0 Å². The monoisotopic (exact) mass is 214 g/mol. The molecule has 0 aliphatic carbocycles. The first-order valence-corrected chi connectivity index (χ1v) is 4.33. The fraction of sp³-hybridized carbons (Fsp3) is 0. The molecule has 2 N–H and O–H groups in total. The predicted molar refractivity (Wildman–Crippen MR) is 37.8 cm³/mol. The smallest absolute Gasteiger partial charge is 0.225 e. The molecule has 0 heterocycles. The molecule has 0 atom stereocenters. The van der Waals surface area contributed by atoms with Gasteiger partial charge in [-0.15, -0.1) is 0 Å². The summed E-state index contributed by atoms with van der Waals surface area (Å²) in [5, 5.41) is 4.76. The minimum absolute atomic E-state index is 0. The van der Waals surface area contributed by atoms with Crippen LogP contribution in [-0.2, 0) is 10.0 Å². The van der Waals surface area contributed by atoms with Gasteiger partial charge in [0, 0.05) is 0 Å². The zero-order valence-electron chi connectivity index (χ0n) is 6.49. The third kappa shape index (κ3) is 3.61. The fourth-order valence-electron chi connectivity index (χ4n) is 0.624. The minimum atomic E-state index is -3.69. The van der Waals surface area contributed by atoms with Gasteiger partial charge in [-0.1, -0.05) is 0 Å². The van der Waals surface area contributed by atoms with Crippen LogP contribution in [0.2, 0.25) is 0 Å². The van der Waals surface area contributed by atoms with Crippen molar-refractivity contribution < 1.29 is 64.2 Å². The van der Waals surface area contributed by atoms with E-state index in [4.69, 9.17) is 5.14 Å². The zero-order valence-corrected chi connectivity index (χ0v) is 10.4. The summed E-state index contributed by atoms with van der Waals surface area (Å²) in [4.78, 5) is -0.0844. The third-order valence-corrected chi connectivity index (χ3v) is 2.07.